The molecule has 0 saturated carbocycles. The van der Waals surface area contributed by atoms with Crippen LogP contribution in [0.3, 0.4) is 0 Å². The van der Waals surface area contributed by atoms with Gasteiger partial charge in [0, 0.05) is 34.1 Å². The van der Waals surface area contributed by atoms with E-state index in [2.05, 4.69) is 0 Å². The molecule has 0 aliphatic carbocycles. The molecule has 1 fully saturated rings. The number of hydrogen-bond donors (Lipinski definition) is 0. The normalized spacial score (nSPS) is 17.6. The number of likely N-dealkylation sites (N-methyl/N-ethyl adjacent to an activating group) is 1. The SMILES string of the molecule is CC(=O)N1CCN(C(=O)Cc2ccccc2F)C[C@@H]1C(=O)N(C)C. The van der Waals surface area contributed by atoms with Gasteiger partial charge in [0.2, 0.25) is 17.7 Å². The highest BCUT2D eigenvalue weighted by Gasteiger charge is 2.36. The van der Waals surface area contributed by atoms with Crippen molar-refractivity contribution in [3.05, 3.63) is 35.6 Å². The van der Waals surface area contributed by atoms with Crippen molar-refractivity contribution in [3.63, 3.8) is 0 Å². The second-order valence-corrected chi connectivity index (χ2v) is 6.07. The first-order chi connectivity index (χ1) is 11.3. The van der Waals surface area contributed by atoms with Crippen molar-refractivity contribution in [1.82, 2.24) is 14.7 Å². The molecule has 7 heteroatoms. The second-order valence-electron chi connectivity index (χ2n) is 6.07. The molecule has 0 N–H and O–H groups in total. The van der Waals surface area contributed by atoms with E-state index in [-0.39, 0.29) is 30.7 Å². The zero-order chi connectivity index (χ0) is 17.9. The van der Waals surface area contributed by atoms with Crippen molar-refractivity contribution < 1.29 is 18.8 Å². The average molecular weight is 335 g/mol. The summed E-state index contributed by atoms with van der Waals surface area (Å²) in [4.78, 5) is 41.0. The molecule has 1 heterocycles. The van der Waals surface area contributed by atoms with E-state index in [1.165, 1.54) is 27.7 Å². The smallest absolute Gasteiger partial charge is 0.246 e. The van der Waals surface area contributed by atoms with Crippen LogP contribution < -0.4 is 0 Å². The third-order valence-corrected chi connectivity index (χ3v) is 4.16. The molecule has 0 unspecified atom stereocenters. The van der Waals surface area contributed by atoms with E-state index in [0.717, 1.165) is 0 Å². The van der Waals surface area contributed by atoms with Crippen LogP contribution in [0.2, 0.25) is 0 Å². The molecule has 2 rings (SSSR count). The summed E-state index contributed by atoms with van der Waals surface area (Å²) in [6.07, 6.45) is -0.0599. The minimum absolute atomic E-state index is 0.0599. The summed E-state index contributed by atoms with van der Waals surface area (Å²) in [6, 6.07) is 5.44. The molecule has 1 aromatic carbocycles. The third-order valence-electron chi connectivity index (χ3n) is 4.16. The molecule has 1 atom stereocenters. The maximum atomic E-state index is 13.7. The lowest BCUT2D eigenvalue weighted by molar-refractivity contribution is -0.150. The van der Waals surface area contributed by atoms with E-state index in [1.54, 1.807) is 32.3 Å². The van der Waals surface area contributed by atoms with E-state index in [1.807, 2.05) is 0 Å². The van der Waals surface area contributed by atoms with Crippen LogP contribution in [0.25, 0.3) is 0 Å². The molecule has 0 spiro atoms. The van der Waals surface area contributed by atoms with Gasteiger partial charge in [-0.15, -0.1) is 0 Å². The molecule has 0 radical (unpaired) electrons. The first-order valence-electron chi connectivity index (χ1n) is 7.80. The first-order valence-corrected chi connectivity index (χ1v) is 7.80. The predicted octanol–water partition coefficient (Wildman–Crippen LogP) is 0.516. The highest BCUT2D eigenvalue weighted by atomic mass is 19.1. The molecular weight excluding hydrogens is 313 g/mol. The van der Waals surface area contributed by atoms with Gasteiger partial charge in [0.05, 0.1) is 13.0 Å². The molecule has 1 aliphatic heterocycles. The van der Waals surface area contributed by atoms with Crippen molar-refractivity contribution in [2.45, 2.75) is 19.4 Å². The Bertz CT molecular complexity index is 648. The quantitative estimate of drug-likeness (QED) is 0.809. The zero-order valence-corrected chi connectivity index (χ0v) is 14.2. The van der Waals surface area contributed by atoms with Crippen molar-refractivity contribution in [2.75, 3.05) is 33.7 Å². The Kier molecular flexibility index (Phi) is 5.54. The standard InChI is InChI=1S/C17H22FN3O3/c1-12(22)21-9-8-20(11-15(21)17(24)19(2)3)16(23)10-13-6-4-5-7-14(13)18/h4-7,15H,8-11H2,1-3H3/t15-/m1/s1. The minimum atomic E-state index is -0.698. The molecule has 1 aromatic rings. The Morgan fingerprint density at radius 1 is 1.21 bits per heavy atom. The van der Waals surface area contributed by atoms with Gasteiger partial charge >= 0.3 is 0 Å². The molecule has 0 aromatic heterocycles. The highest BCUT2D eigenvalue weighted by Crippen LogP contribution is 2.15. The van der Waals surface area contributed by atoms with Crippen LogP contribution in [0.15, 0.2) is 24.3 Å². The van der Waals surface area contributed by atoms with Crippen molar-refractivity contribution in [1.29, 1.82) is 0 Å². The fourth-order valence-corrected chi connectivity index (χ4v) is 2.81. The fraction of sp³-hybridized carbons (Fsp3) is 0.471. The fourth-order valence-electron chi connectivity index (χ4n) is 2.81. The number of carbonyl (C=O) groups excluding carboxylic acids is 3. The summed E-state index contributed by atoms with van der Waals surface area (Å²) in [7, 11) is 3.22. The Morgan fingerprint density at radius 3 is 2.46 bits per heavy atom. The lowest BCUT2D eigenvalue weighted by Crippen LogP contribution is -2.61. The Morgan fingerprint density at radius 2 is 1.88 bits per heavy atom. The summed E-state index contributed by atoms with van der Waals surface area (Å²) >= 11 is 0. The lowest BCUT2D eigenvalue weighted by atomic mass is 10.1. The molecular formula is C17H22FN3O3. The van der Waals surface area contributed by atoms with Gasteiger partial charge in [-0.1, -0.05) is 18.2 Å². The predicted molar refractivity (Wildman–Crippen MR) is 86.6 cm³/mol. The van der Waals surface area contributed by atoms with Crippen LogP contribution in [0.5, 0.6) is 0 Å². The zero-order valence-electron chi connectivity index (χ0n) is 14.2. The monoisotopic (exact) mass is 335 g/mol. The number of benzene rings is 1. The van der Waals surface area contributed by atoms with E-state index in [9.17, 15) is 18.8 Å². The maximum absolute atomic E-state index is 13.7. The van der Waals surface area contributed by atoms with Crippen molar-refractivity contribution in [2.24, 2.45) is 0 Å². The van der Waals surface area contributed by atoms with Gasteiger partial charge in [0.25, 0.3) is 0 Å². The largest absolute Gasteiger partial charge is 0.347 e. The Labute approximate surface area is 140 Å². The van der Waals surface area contributed by atoms with Crippen molar-refractivity contribution >= 4 is 17.7 Å². The number of nitrogens with zero attached hydrogens (tertiary/aromatic N) is 3. The molecule has 0 bridgehead atoms. The number of amides is 3. The molecule has 1 aliphatic rings. The first kappa shape index (κ1) is 17.9. The number of halogens is 1. The second kappa shape index (κ2) is 7.42. The summed E-state index contributed by atoms with van der Waals surface area (Å²) in [5.74, 6) is -1.10. The lowest BCUT2D eigenvalue weighted by Gasteiger charge is -2.41. The number of carbonyl (C=O) groups is 3. The van der Waals surface area contributed by atoms with Crippen LogP contribution in [0.1, 0.15) is 12.5 Å². The molecule has 24 heavy (non-hydrogen) atoms. The van der Waals surface area contributed by atoms with Crippen LogP contribution in [0, 0.1) is 5.82 Å². The molecule has 3 amide bonds. The number of rotatable bonds is 3. The van der Waals surface area contributed by atoms with E-state index < -0.39 is 11.9 Å². The summed E-state index contributed by atoms with van der Waals surface area (Å²) in [6.45, 7) is 2.17. The van der Waals surface area contributed by atoms with E-state index in [0.29, 0.717) is 18.7 Å². The summed E-state index contributed by atoms with van der Waals surface area (Å²) in [5.41, 5.74) is 0.326. The van der Waals surface area contributed by atoms with Gasteiger partial charge in [-0.3, -0.25) is 14.4 Å². The Balaban J connectivity index is 2.12. The van der Waals surface area contributed by atoms with Gasteiger partial charge in [0.1, 0.15) is 11.9 Å². The van der Waals surface area contributed by atoms with Crippen molar-refractivity contribution in [3.8, 4) is 0 Å². The summed E-state index contributed by atoms with van der Waals surface area (Å²) < 4.78 is 13.7. The van der Waals surface area contributed by atoms with Gasteiger partial charge in [0.15, 0.2) is 0 Å². The maximum Gasteiger partial charge on any atom is 0.246 e. The highest BCUT2D eigenvalue weighted by molar-refractivity contribution is 5.88. The van der Waals surface area contributed by atoms with Crippen LogP contribution in [-0.2, 0) is 20.8 Å². The van der Waals surface area contributed by atoms with Crippen LogP contribution in [-0.4, -0.2) is 72.2 Å². The Hall–Kier alpha value is -2.44. The average Bonchev–Trinajstić information content (AvgIpc) is 2.55. The third kappa shape index (κ3) is 3.90. The molecule has 1 saturated heterocycles. The van der Waals surface area contributed by atoms with Crippen LogP contribution in [0.4, 0.5) is 4.39 Å². The van der Waals surface area contributed by atoms with E-state index in [4.69, 9.17) is 0 Å². The molecule has 6 nitrogen and oxygen atoms in total. The van der Waals surface area contributed by atoms with Gasteiger partial charge in [-0.05, 0) is 11.6 Å². The van der Waals surface area contributed by atoms with Crippen LogP contribution >= 0.6 is 0 Å². The minimum Gasteiger partial charge on any atom is -0.347 e. The van der Waals surface area contributed by atoms with Gasteiger partial charge in [-0.25, -0.2) is 4.39 Å². The van der Waals surface area contributed by atoms with E-state index >= 15 is 0 Å². The topological polar surface area (TPSA) is 60.9 Å². The number of hydrogen-bond acceptors (Lipinski definition) is 3. The molecule has 130 valence electrons. The van der Waals surface area contributed by atoms with Gasteiger partial charge < -0.3 is 14.7 Å². The summed E-state index contributed by atoms with van der Waals surface area (Å²) in [5, 5.41) is 0. The van der Waals surface area contributed by atoms with Gasteiger partial charge in [-0.2, -0.15) is 0 Å². The number of piperazine rings is 1.